The molecule has 2 amide bonds. The molecule has 1 saturated heterocycles. The molecule has 1 saturated carbocycles. The van der Waals surface area contributed by atoms with Crippen molar-refractivity contribution in [2.45, 2.75) is 44.2 Å². The van der Waals surface area contributed by atoms with Gasteiger partial charge in [-0.25, -0.2) is 0 Å². The lowest BCUT2D eigenvalue weighted by Crippen LogP contribution is -2.50. The highest BCUT2D eigenvalue weighted by Crippen LogP contribution is 2.27. The predicted molar refractivity (Wildman–Crippen MR) is 59.2 cm³/mol. The first kappa shape index (κ1) is 11.4. The number of hydrogen-bond acceptors (Lipinski definition) is 3. The zero-order valence-electron chi connectivity index (χ0n) is 9.39. The molecule has 4 N–H and O–H groups in total. The molecule has 0 bridgehead atoms. The number of amides is 2. The summed E-state index contributed by atoms with van der Waals surface area (Å²) >= 11 is 0. The molecule has 1 heterocycles. The Kier molecular flexibility index (Phi) is 3.14. The van der Waals surface area contributed by atoms with Crippen molar-refractivity contribution >= 4 is 11.8 Å². The number of hydrogen-bond donors (Lipinski definition) is 2. The van der Waals surface area contributed by atoms with Crippen molar-refractivity contribution in [2.24, 2.45) is 17.4 Å². The maximum atomic E-state index is 11.8. The minimum Gasteiger partial charge on any atom is -0.369 e. The molecule has 1 aliphatic heterocycles. The van der Waals surface area contributed by atoms with Gasteiger partial charge in [-0.15, -0.1) is 0 Å². The zero-order chi connectivity index (χ0) is 11.7. The monoisotopic (exact) mass is 225 g/mol. The van der Waals surface area contributed by atoms with E-state index >= 15 is 0 Å². The summed E-state index contributed by atoms with van der Waals surface area (Å²) in [4.78, 5) is 24.6. The van der Waals surface area contributed by atoms with E-state index in [0.717, 1.165) is 25.7 Å². The van der Waals surface area contributed by atoms with E-state index in [1.54, 1.807) is 4.90 Å². The van der Waals surface area contributed by atoms with Gasteiger partial charge in [0.05, 0.1) is 5.92 Å². The fourth-order valence-electron chi connectivity index (χ4n) is 2.77. The lowest BCUT2D eigenvalue weighted by atomic mass is 9.90. The van der Waals surface area contributed by atoms with Crippen LogP contribution in [0.2, 0.25) is 0 Å². The van der Waals surface area contributed by atoms with E-state index in [9.17, 15) is 9.59 Å². The summed E-state index contributed by atoms with van der Waals surface area (Å²) < 4.78 is 0. The van der Waals surface area contributed by atoms with Gasteiger partial charge in [-0.05, 0) is 12.8 Å². The number of rotatable bonds is 2. The first-order chi connectivity index (χ1) is 7.59. The zero-order valence-corrected chi connectivity index (χ0v) is 9.39. The van der Waals surface area contributed by atoms with Crippen LogP contribution in [-0.2, 0) is 9.59 Å². The summed E-state index contributed by atoms with van der Waals surface area (Å²) in [5.74, 6) is -0.659. The fourth-order valence-corrected chi connectivity index (χ4v) is 2.77. The number of nitrogens with zero attached hydrogens (tertiary/aromatic N) is 1. The SMILES string of the molecule is NC(=O)C1CC(=O)N([C@H]2CCCC[C@@H]2N)C1. The smallest absolute Gasteiger partial charge is 0.223 e. The number of carbonyl (C=O) groups excluding carboxylic acids is 2. The maximum absolute atomic E-state index is 11.8. The van der Waals surface area contributed by atoms with E-state index in [1.165, 1.54) is 0 Å². The molecule has 0 aromatic carbocycles. The van der Waals surface area contributed by atoms with Crippen molar-refractivity contribution in [1.29, 1.82) is 0 Å². The van der Waals surface area contributed by atoms with Crippen LogP contribution in [0.1, 0.15) is 32.1 Å². The van der Waals surface area contributed by atoms with Gasteiger partial charge in [0, 0.05) is 25.0 Å². The summed E-state index contributed by atoms with van der Waals surface area (Å²) in [6.07, 6.45) is 4.44. The molecule has 2 rings (SSSR count). The largest absolute Gasteiger partial charge is 0.369 e. The third kappa shape index (κ3) is 2.04. The average molecular weight is 225 g/mol. The highest BCUT2D eigenvalue weighted by molar-refractivity contribution is 5.88. The topological polar surface area (TPSA) is 89.4 Å². The number of likely N-dealkylation sites (tertiary alicyclic amines) is 1. The van der Waals surface area contributed by atoms with Crippen LogP contribution >= 0.6 is 0 Å². The molecule has 2 fully saturated rings. The van der Waals surface area contributed by atoms with Gasteiger partial charge in [0.1, 0.15) is 0 Å². The molecule has 0 aromatic heterocycles. The lowest BCUT2D eigenvalue weighted by molar-refractivity contribution is -0.130. The van der Waals surface area contributed by atoms with Crippen molar-refractivity contribution in [3.8, 4) is 0 Å². The Labute approximate surface area is 95.1 Å². The lowest BCUT2D eigenvalue weighted by Gasteiger charge is -2.36. The van der Waals surface area contributed by atoms with Crippen LogP contribution in [0, 0.1) is 5.92 Å². The number of primary amides is 1. The molecule has 5 heteroatoms. The van der Waals surface area contributed by atoms with Crippen LogP contribution in [0.4, 0.5) is 0 Å². The number of carbonyl (C=O) groups is 2. The normalized spacial score (nSPS) is 35.4. The molecule has 2 aliphatic rings. The van der Waals surface area contributed by atoms with Crippen molar-refractivity contribution in [1.82, 2.24) is 4.90 Å². The number of nitrogens with two attached hydrogens (primary N) is 2. The van der Waals surface area contributed by atoms with E-state index in [4.69, 9.17) is 11.5 Å². The van der Waals surface area contributed by atoms with E-state index in [1.807, 2.05) is 0 Å². The van der Waals surface area contributed by atoms with Gasteiger partial charge in [0.2, 0.25) is 11.8 Å². The van der Waals surface area contributed by atoms with Crippen LogP contribution < -0.4 is 11.5 Å². The van der Waals surface area contributed by atoms with Gasteiger partial charge in [-0.2, -0.15) is 0 Å². The minimum atomic E-state index is -0.375. The van der Waals surface area contributed by atoms with Crippen molar-refractivity contribution < 1.29 is 9.59 Å². The standard InChI is InChI=1S/C11H19N3O2/c12-8-3-1-2-4-9(8)14-6-7(11(13)16)5-10(14)15/h7-9H,1-6,12H2,(H2,13,16)/t7?,8-,9-/m0/s1. The molecule has 90 valence electrons. The molecule has 0 aromatic rings. The Morgan fingerprint density at radius 1 is 1.31 bits per heavy atom. The van der Waals surface area contributed by atoms with Gasteiger partial charge in [0.15, 0.2) is 0 Å². The highest BCUT2D eigenvalue weighted by Gasteiger charge is 2.39. The Morgan fingerprint density at radius 3 is 2.56 bits per heavy atom. The van der Waals surface area contributed by atoms with Crippen molar-refractivity contribution in [2.75, 3.05) is 6.54 Å². The molecule has 0 spiro atoms. The van der Waals surface area contributed by atoms with Crippen molar-refractivity contribution in [3.63, 3.8) is 0 Å². The summed E-state index contributed by atoms with van der Waals surface area (Å²) in [7, 11) is 0. The first-order valence-corrected chi connectivity index (χ1v) is 5.94. The molecule has 3 atom stereocenters. The van der Waals surface area contributed by atoms with Crippen LogP contribution in [0.25, 0.3) is 0 Å². The van der Waals surface area contributed by atoms with E-state index in [2.05, 4.69) is 0 Å². The molecule has 1 aliphatic carbocycles. The summed E-state index contributed by atoms with van der Waals surface area (Å²) in [5.41, 5.74) is 11.3. The second-order valence-electron chi connectivity index (χ2n) is 4.87. The van der Waals surface area contributed by atoms with Gasteiger partial charge in [0.25, 0.3) is 0 Å². The molecule has 0 radical (unpaired) electrons. The Bertz CT molecular complexity index is 306. The van der Waals surface area contributed by atoms with Crippen LogP contribution in [0.15, 0.2) is 0 Å². The average Bonchev–Trinajstić information content (AvgIpc) is 2.61. The second-order valence-corrected chi connectivity index (χ2v) is 4.87. The van der Waals surface area contributed by atoms with Crippen LogP contribution in [0.5, 0.6) is 0 Å². The summed E-state index contributed by atoms with van der Waals surface area (Å²) in [6, 6.07) is 0.176. The van der Waals surface area contributed by atoms with Crippen LogP contribution in [0.3, 0.4) is 0 Å². The molecular formula is C11H19N3O2. The van der Waals surface area contributed by atoms with E-state index in [0.29, 0.717) is 6.54 Å². The summed E-state index contributed by atoms with van der Waals surface area (Å²) in [5, 5.41) is 0. The van der Waals surface area contributed by atoms with Crippen LogP contribution in [-0.4, -0.2) is 35.3 Å². The maximum Gasteiger partial charge on any atom is 0.223 e. The predicted octanol–water partition coefficient (Wildman–Crippen LogP) is -0.410. The fraction of sp³-hybridized carbons (Fsp3) is 0.818. The third-order valence-corrected chi connectivity index (χ3v) is 3.74. The molecule has 5 nitrogen and oxygen atoms in total. The third-order valence-electron chi connectivity index (χ3n) is 3.74. The van der Waals surface area contributed by atoms with Crippen molar-refractivity contribution in [3.05, 3.63) is 0 Å². The van der Waals surface area contributed by atoms with Gasteiger partial charge < -0.3 is 16.4 Å². The summed E-state index contributed by atoms with van der Waals surface area (Å²) in [6.45, 7) is 0.465. The minimum absolute atomic E-state index is 0.0335. The molecule has 1 unspecified atom stereocenters. The van der Waals surface area contributed by atoms with E-state index < -0.39 is 0 Å². The van der Waals surface area contributed by atoms with Gasteiger partial charge in [-0.3, -0.25) is 9.59 Å². The quantitative estimate of drug-likeness (QED) is 0.669. The Balaban J connectivity index is 2.04. The Morgan fingerprint density at radius 2 is 2.00 bits per heavy atom. The molecular weight excluding hydrogens is 206 g/mol. The van der Waals surface area contributed by atoms with Gasteiger partial charge in [-0.1, -0.05) is 12.8 Å². The molecule has 16 heavy (non-hydrogen) atoms. The Hall–Kier alpha value is -1.10. The van der Waals surface area contributed by atoms with Gasteiger partial charge >= 0.3 is 0 Å². The second kappa shape index (κ2) is 4.41. The highest BCUT2D eigenvalue weighted by atomic mass is 16.2. The van der Waals surface area contributed by atoms with E-state index in [-0.39, 0.29) is 36.2 Å². The first-order valence-electron chi connectivity index (χ1n) is 5.94.